The average Bonchev–Trinajstić information content (AvgIpc) is 2.77. The number of likely N-dealkylation sites (N-methyl/N-ethyl adjacent to an activating group) is 1. The van der Waals surface area contributed by atoms with Crippen LogP contribution < -0.4 is 14.9 Å². The van der Waals surface area contributed by atoms with Gasteiger partial charge in [0, 0.05) is 45.0 Å². The molecule has 0 bridgehead atoms. The Kier molecular flexibility index (Phi) is 7.81. The summed E-state index contributed by atoms with van der Waals surface area (Å²) in [6.07, 6.45) is 1.69. The molecule has 0 atom stereocenters. The largest absolute Gasteiger partial charge is 0.354 e. The molecule has 1 amide bonds. The number of nitrogens with one attached hydrogen (secondary N) is 2. The number of nitrogens with zero attached hydrogens (tertiary/aromatic N) is 3. The maximum atomic E-state index is 14.2. The van der Waals surface area contributed by atoms with Gasteiger partial charge in [0.05, 0.1) is 10.5 Å². The number of anilines is 1. The third-order valence-corrected chi connectivity index (χ3v) is 6.95. The van der Waals surface area contributed by atoms with E-state index in [1.54, 1.807) is 20.0 Å². The van der Waals surface area contributed by atoms with Crippen LogP contribution in [0.2, 0.25) is 0 Å². The number of piperazine rings is 1. The summed E-state index contributed by atoms with van der Waals surface area (Å²) in [7, 11) is -3.83. The Morgan fingerprint density at radius 3 is 2.47 bits per heavy atom. The lowest BCUT2D eigenvalue weighted by atomic mass is 10.2. The van der Waals surface area contributed by atoms with Crippen molar-refractivity contribution in [2.24, 2.45) is 0 Å². The van der Waals surface area contributed by atoms with E-state index >= 15 is 0 Å². The van der Waals surface area contributed by atoms with Crippen molar-refractivity contribution in [2.75, 3.05) is 37.6 Å². The van der Waals surface area contributed by atoms with Crippen LogP contribution >= 0.6 is 0 Å². The molecule has 1 aromatic heterocycles. The highest BCUT2D eigenvalue weighted by Crippen LogP contribution is 2.17. The summed E-state index contributed by atoms with van der Waals surface area (Å²) in [5.74, 6) is -0.591. The normalized spacial score (nSPS) is 15.2. The first kappa shape index (κ1) is 24.1. The van der Waals surface area contributed by atoms with Gasteiger partial charge < -0.3 is 15.1 Å². The Hall–Kier alpha value is -2.56. The lowest BCUT2D eigenvalue weighted by molar-refractivity contribution is 0.0946. The zero-order valence-electron chi connectivity index (χ0n) is 18.6. The number of carbonyl (C=O) groups is 1. The minimum absolute atomic E-state index is 0.149. The molecular formula is C22H30FN5O3S. The number of carbonyl (C=O) groups excluding carboxylic acids is 1. The van der Waals surface area contributed by atoms with Crippen molar-refractivity contribution in [3.05, 3.63) is 53.5 Å². The first-order valence-electron chi connectivity index (χ1n) is 10.7. The van der Waals surface area contributed by atoms with E-state index in [0.29, 0.717) is 0 Å². The molecule has 2 aromatic rings. The minimum atomic E-state index is -3.83. The fourth-order valence-electron chi connectivity index (χ4n) is 3.50. The third-order valence-electron chi connectivity index (χ3n) is 5.29. The van der Waals surface area contributed by atoms with E-state index in [4.69, 9.17) is 0 Å². The van der Waals surface area contributed by atoms with Crippen LogP contribution in [0.4, 0.5) is 10.2 Å². The first-order valence-corrected chi connectivity index (χ1v) is 12.2. The second kappa shape index (κ2) is 10.4. The standard InChI is InChI=1S/C22H30FN5O3S/c1-4-27-9-11-28(12-10-27)21-8-5-17(14-24-21)15-25-22(29)19-13-18(6-7-20(19)23)32(30,31)26-16(2)3/h5-8,13-14,16,26H,4,9-12,15H2,1-3H3,(H,25,29). The van der Waals surface area contributed by atoms with Crippen molar-refractivity contribution < 1.29 is 17.6 Å². The zero-order valence-corrected chi connectivity index (χ0v) is 19.5. The molecule has 0 radical (unpaired) electrons. The Balaban J connectivity index is 1.63. The molecule has 174 valence electrons. The molecule has 8 nitrogen and oxygen atoms in total. The van der Waals surface area contributed by atoms with Crippen molar-refractivity contribution >= 4 is 21.7 Å². The van der Waals surface area contributed by atoms with Crippen molar-refractivity contribution in [1.29, 1.82) is 0 Å². The second-order valence-electron chi connectivity index (χ2n) is 8.05. The molecule has 3 rings (SSSR count). The molecule has 2 N–H and O–H groups in total. The van der Waals surface area contributed by atoms with Crippen LogP contribution in [0.1, 0.15) is 36.7 Å². The Labute approximate surface area is 188 Å². The van der Waals surface area contributed by atoms with Gasteiger partial charge in [-0.15, -0.1) is 0 Å². The van der Waals surface area contributed by atoms with Crippen molar-refractivity contribution in [1.82, 2.24) is 19.9 Å². The molecule has 1 aliphatic heterocycles. The molecular weight excluding hydrogens is 433 g/mol. The third kappa shape index (κ3) is 6.02. The van der Waals surface area contributed by atoms with Crippen LogP contribution in [0, 0.1) is 5.82 Å². The number of hydrogen-bond donors (Lipinski definition) is 2. The lowest BCUT2D eigenvalue weighted by Gasteiger charge is -2.34. The summed E-state index contributed by atoms with van der Waals surface area (Å²) in [4.78, 5) is 21.5. The van der Waals surface area contributed by atoms with E-state index in [1.807, 2.05) is 12.1 Å². The number of sulfonamides is 1. The number of benzene rings is 1. The van der Waals surface area contributed by atoms with Gasteiger partial charge >= 0.3 is 0 Å². The van der Waals surface area contributed by atoms with Gasteiger partial charge in [0.1, 0.15) is 11.6 Å². The van der Waals surface area contributed by atoms with Crippen LogP contribution in [-0.4, -0.2) is 63.0 Å². The van der Waals surface area contributed by atoms with E-state index in [1.165, 1.54) is 0 Å². The molecule has 32 heavy (non-hydrogen) atoms. The monoisotopic (exact) mass is 463 g/mol. The van der Waals surface area contributed by atoms with E-state index in [0.717, 1.165) is 62.3 Å². The summed E-state index contributed by atoms with van der Waals surface area (Å²) >= 11 is 0. The highest BCUT2D eigenvalue weighted by atomic mass is 32.2. The SMILES string of the molecule is CCN1CCN(c2ccc(CNC(=O)c3cc(S(=O)(=O)NC(C)C)ccc3F)cn2)CC1. The fraction of sp³-hybridized carbons (Fsp3) is 0.455. The summed E-state index contributed by atoms with van der Waals surface area (Å²) in [5, 5.41) is 2.63. The number of rotatable bonds is 8. The van der Waals surface area contributed by atoms with Crippen LogP contribution in [0.25, 0.3) is 0 Å². The fourth-order valence-corrected chi connectivity index (χ4v) is 4.78. The molecule has 2 heterocycles. The molecule has 0 saturated carbocycles. The smallest absolute Gasteiger partial charge is 0.254 e. The average molecular weight is 464 g/mol. The Bertz CT molecular complexity index is 1040. The van der Waals surface area contributed by atoms with Crippen LogP contribution in [0.15, 0.2) is 41.4 Å². The van der Waals surface area contributed by atoms with E-state index in [9.17, 15) is 17.6 Å². The number of amides is 1. The molecule has 1 fully saturated rings. The molecule has 0 spiro atoms. The summed E-state index contributed by atoms with van der Waals surface area (Å²) in [6, 6.07) is 6.63. The number of halogens is 1. The van der Waals surface area contributed by atoms with Gasteiger partial charge in [0.15, 0.2) is 0 Å². The predicted molar refractivity (Wildman–Crippen MR) is 122 cm³/mol. The van der Waals surface area contributed by atoms with E-state index in [-0.39, 0.29) is 23.0 Å². The predicted octanol–water partition coefficient (Wildman–Crippen LogP) is 1.98. The number of hydrogen-bond acceptors (Lipinski definition) is 6. The highest BCUT2D eigenvalue weighted by molar-refractivity contribution is 7.89. The minimum Gasteiger partial charge on any atom is -0.354 e. The topological polar surface area (TPSA) is 94.6 Å². The van der Waals surface area contributed by atoms with Gasteiger partial charge in [-0.1, -0.05) is 13.0 Å². The first-order chi connectivity index (χ1) is 15.2. The summed E-state index contributed by atoms with van der Waals surface area (Å²) < 4.78 is 41.3. The maximum absolute atomic E-state index is 14.2. The zero-order chi connectivity index (χ0) is 23.3. The number of pyridine rings is 1. The number of aromatic nitrogens is 1. The quantitative estimate of drug-likeness (QED) is 0.622. The van der Waals surface area contributed by atoms with Gasteiger partial charge in [0.2, 0.25) is 10.0 Å². The Morgan fingerprint density at radius 2 is 1.88 bits per heavy atom. The van der Waals surface area contributed by atoms with Gasteiger partial charge in [0.25, 0.3) is 5.91 Å². The maximum Gasteiger partial charge on any atom is 0.254 e. The van der Waals surface area contributed by atoms with Crippen LogP contribution in [0.3, 0.4) is 0 Å². The molecule has 10 heteroatoms. The molecule has 0 unspecified atom stereocenters. The van der Waals surface area contributed by atoms with Crippen LogP contribution in [0.5, 0.6) is 0 Å². The second-order valence-corrected chi connectivity index (χ2v) is 9.76. The molecule has 1 aliphatic rings. The molecule has 1 aromatic carbocycles. The van der Waals surface area contributed by atoms with Crippen molar-refractivity contribution in [3.63, 3.8) is 0 Å². The van der Waals surface area contributed by atoms with Gasteiger partial charge in [-0.05, 0) is 50.2 Å². The van der Waals surface area contributed by atoms with Gasteiger partial charge in [-0.25, -0.2) is 22.5 Å². The van der Waals surface area contributed by atoms with Crippen molar-refractivity contribution in [2.45, 2.75) is 38.3 Å². The van der Waals surface area contributed by atoms with Gasteiger partial charge in [-0.3, -0.25) is 4.79 Å². The van der Waals surface area contributed by atoms with E-state index in [2.05, 4.69) is 31.7 Å². The lowest BCUT2D eigenvalue weighted by Crippen LogP contribution is -2.46. The Morgan fingerprint density at radius 1 is 1.16 bits per heavy atom. The summed E-state index contributed by atoms with van der Waals surface area (Å²) in [6.45, 7) is 10.5. The summed E-state index contributed by atoms with van der Waals surface area (Å²) in [5.41, 5.74) is 0.440. The van der Waals surface area contributed by atoms with Crippen molar-refractivity contribution in [3.8, 4) is 0 Å². The highest BCUT2D eigenvalue weighted by Gasteiger charge is 2.20. The van der Waals surface area contributed by atoms with E-state index < -0.39 is 21.7 Å². The van der Waals surface area contributed by atoms with Gasteiger partial charge in [-0.2, -0.15) is 0 Å². The van der Waals surface area contributed by atoms with Crippen LogP contribution in [-0.2, 0) is 16.6 Å². The molecule has 0 aliphatic carbocycles. The molecule has 1 saturated heterocycles.